The molecule has 0 fully saturated rings. The van der Waals surface area contributed by atoms with Crippen LogP contribution >= 0.6 is 0 Å². The zero-order valence-corrected chi connectivity index (χ0v) is 11.9. The second-order valence-electron chi connectivity index (χ2n) is 4.96. The average Bonchev–Trinajstić information content (AvgIpc) is 2.33. The third-order valence-corrected chi connectivity index (χ3v) is 3.05. The first-order valence-electron chi connectivity index (χ1n) is 6.45. The van der Waals surface area contributed by atoms with Crippen LogP contribution in [0.15, 0.2) is 18.2 Å². The zero-order chi connectivity index (χ0) is 14.6. The Morgan fingerprint density at radius 3 is 2.16 bits per heavy atom. The van der Waals surface area contributed by atoms with Gasteiger partial charge in [0.05, 0.1) is 5.92 Å². The highest BCUT2D eigenvalue weighted by atomic mass is 16.4. The number of carbonyl (C=O) groups excluding carboxylic acids is 1. The van der Waals surface area contributed by atoms with Crippen LogP contribution in [0.1, 0.15) is 35.3 Å². The number of benzene rings is 1. The molecule has 0 aliphatic carbocycles. The minimum Gasteiger partial charge on any atom is -0.481 e. The molecule has 0 aliphatic rings. The molecule has 0 aromatic heterocycles. The van der Waals surface area contributed by atoms with Gasteiger partial charge in [-0.15, -0.1) is 0 Å². The summed E-state index contributed by atoms with van der Waals surface area (Å²) in [5, 5.41) is 8.93. The molecule has 1 rings (SSSR count). The van der Waals surface area contributed by atoms with E-state index in [0.29, 0.717) is 12.1 Å². The molecule has 0 bridgehead atoms. The maximum atomic E-state index is 12.4. The molecule has 0 saturated carbocycles. The fourth-order valence-electron chi connectivity index (χ4n) is 2.05. The summed E-state index contributed by atoms with van der Waals surface area (Å²) in [5.41, 5.74) is 2.69. The Labute approximate surface area is 114 Å². The van der Waals surface area contributed by atoms with Crippen LogP contribution in [0.5, 0.6) is 0 Å². The van der Waals surface area contributed by atoms with Gasteiger partial charge >= 0.3 is 5.97 Å². The van der Waals surface area contributed by atoms with E-state index in [2.05, 4.69) is 0 Å². The summed E-state index contributed by atoms with van der Waals surface area (Å²) in [7, 11) is 0. The predicted molar refractivity (Wildman–Crippen MR) is 74.3 cm³/mol. The van der Waals surface area contributed by atoms with E-state index < -0.39 is 11.9 Å². The van der Waals surface area contributed by atoms with Gasteiger partial charge in [-0.1, -0.05) is 24.1 Å². The van der Waals surface area contributed by atoms with Gasteiger partial charge in [0.15, 0.2) is 0 Å². The summed E-state index contributed by atoms with van der Waals surface area (Å²) in [5.74, 6) is -1.55. The highest BCUT2D eigenvalue weighted by Crippen LogP contribution is 2.13. The SMILES string of the molecule is CCN(CC(C)C(=O)O)C(=O)c1cc(C)cc(C)c1. The van der Waals surface area contributed by atoms with Gasteiger partial charge in [0.1, 0.15) is 0 Å². The predicted octanol–water partition coefficient (Wildman–Crippen LogP) is 2.49. The van der Waals surface area contributed by atoms with E-state index in [1.165, 1.54) is 0 Å². The molecule has 1 unspecified atom stereocenters. The third-order valence-electron chi connectivity index (χ3n) is 3.05. The van der Waals surface area contributed by atoms with Gasteiger partial charge in [0.25, 0.3) is 5.91 Å². The quantitative estimate of drug-likeness (QED) is 0.888. The Balaban J connectivity index is 2.92. The van der Waals surface area contributed by atoms with Crippen LogP contribution in [0.4, 0.5) is 0 Å². The van der Waals surface area contributed by atoms with Crippen molar-refractivity contribution in [2.45, 2.75) is 27.7 Å². The summed E-state index contributed by atoms with van der Waals surface area (Å²) in [6.45, 7) is 8.09. The zero-order valence-electron chi connectivity index (χ0n) is 11.9. The molecule has 1 atom stereocenters. The number of amides is 1. The van der Waals surface area contributed by atoms with Gasteiger partial charge in [-0.25, -0.2) is 0 Å². The lowest BCUT2D eigenvalue weighted by Crippen LogP contribution is -2.36. The lowest BCUT2D eigenvalue weighted by atomic mass is 10.1. The Kier molecular flexibility index (Phi) is 5.10. The number of carboxylic acid groups (broad SMARTS) is 1. The Morgan fingerprint density at radius 2 is 1.74 bits per heavy atom. The van der Waals surface area contributed by atoms with Gasteiger partial charge in [-0.05, 0) is 32.9 Å². The molecule has 19 heavy (non-hydrogen) atoms. The molecule has 104 valence electrons. The maximum absolute atomic E-state index is 12.4. The highest BCUT2D eigenvalue weighted by Gasteiger charge is 2.20. The first kappa shape index (κ1) is 15.2. The highest BCUT2D eigenvalue weighted by molar-refractivity contribution is 5.94. The summed E-state index contributed by atoms with van der Waals surface area (Å²) < 4.78 is 0. The number of carboxylic acids is 1. The van der Waals surface area contributed by atoms with Crippen LogP contribution in [-0.2, 0) is 4.79 Å². The standard InChI is InChI=1S/C15H21NO3/c1-5-16(9-12(4)15(18)19)14(17)13-7-10(2)6-11(3)8-13/h6-8,12H,5,9H2,1-4H3,(H,18,19). The molecule has 0 saturated heterocycles. The van der Waals surface area contributed by atoms with Crippen molar-refractivity contribution in [3.63, 3.8) is 0 Å². The Bertz CT molecular complexity index is 462. The van der Waals surface area contributed by atoms with Crippen LogP contribution in [0.3, 0.4) is 0 Å². The van der Waals surface area contributed by atoms with Crippen molar-refractivity contribution in [1.29, 1.82) is 0 Å². The molecule has 0 heterocycles. The third kappa shape index (κ3) is 4.09. The van der Waals surface area contributed by atoms with Crippen LogP contribution in [-0.4, -0.2) is 35.0 Å². The van der Waals surface area contributed by atoms with E-state index in [1.54, 1.807) is 11.8 Å². The topological polar surface area (TPSA) is 57.6 Å². The molecule has 4 heteroatoms. The fourth-order valence-corrected chi connectivity index (χ4v) is 2.05. The van der Waals surface area contributed by atoms with Crippen LogP contribution in [0, 0.1) is 19.8 Å². The summed E-state index contributed by atoms with van der Waals surface area (Å²) in [4.78, 5) is 24.8. The molecule has 1 aromatic carbocycles. The molecule has 0 aliphatic heterocycles. The second kappa shape index (κ2) is 6.36. The van der Waals surface area contributed by atoms with E-state index in [9.17, 15) is 9.59 Å². The molecule has 0 spiro atoms. The molecule has 1 N–H and O–H groups in total. The Morgan fingerprint density at radius 1 is 1.21 bits per heavy atom. The molecule has 4 nitrogen and oxygen atoms in total. The minimum absolute atomic E-state index is 0.109. The maximum Gasteiger partial charge on any atom is 0.308 e. The van der Waals surface area contributed by atoms with Crippen LogP contribution in [0.25, 0.3) is 0 Å². The summed E-state index contributed by atoms with van der Waals surface area (Å²) in [6, 6.07) is 5.68. The number of hydrogen-bond donors (Lipinski definition) is 1. The van der Waals surface area contributed by atoms with Gasteiger partial charge in [0.2, 0.25) is 0 Å². The van der Waals surface area contributed by atoms with E-state index in [-0.39, 0.29) is 12.5 Å². The van der Waals surface area contributed by atoms with Gasteiger partial charge in [0, 0.05) is 18.7 Å². The minimum atomic E-state index is -0.883. The van der Waals surface area contributed by atoms with Crippen LogP contribution < -0.4 is 0 Å². The number of nitrogens with zero attached hydrogens (tertiary/aromatic N) is 1. The lowest BCUT2D eigenvalue weighted by Gasteiger charge is -2.23. The number of rotatable bonds is 5. The van der Waals surface area contributed by atoms with Crippen molar-refractivity contribution in [3.8, 4) is 0 Å². The number of aliphatic carboxylic acids is 1. The first-order valence-corrected chi connectivity index (χ1v) is 6.45. The average molecular weight is 263 g/mol. The van der Waals surface area contributed by atoms with E-state index in [1.807, 2.05) is 39.0 Å². The summed E-state index contributed by atoms with van der Waals surface area (Å²) in [6.07, 6.45) is 0. The monoisotopic (exact) mass is 263 g/mol. The van der Waals surface area contributed by atoms with Crippen molar-refractivity contribution < 1.29 is 14.7 Å². The normalized spacial score (nSPS) is 12.0. The number of carbonyl (C=O) groups is 2. The van der Waals surface area contributed by atoms with Gasteiger partial charge in [-0.2, -0.15) is 0 Å². The first-order chi connectivity index (χ1) is 8.85. The van der Waals surface area contributed by atoms with Gasteiger partial charge < -0.3 is 10.0 Å². The molecule has 1 aromatic rings. The largest absolute Gasteiger partial charge is 0.481 e. The van der Waals surface area contributed by atoms with E-state index >= 15 is 0 Å². The van der Waals surface area contributed by atoms with Crippen LogP contribution in [0.2, 0.25) is 0 Å². The lowest BCUT2D eigenvalue weighted by molar-refractivity contribution is -0.141. The molecule has 0 radical (unpaired) electrons. The van der Waals surface area contributed by atoms with Crippen molar-refractivity contribution in [2.24, 2.45) is 5.92 Å². The van der Waals surface area contributed by atoms with Gasteiger partial charge in [-0.3, -0.25) is 9.59 Å². The van der Waals surface area contributed by atoms with Crippen molar-refractivity contribution in [3.05, 3.63) is 34.9 Å². The number of aryl methyl sites for hydroxylation is 2. The molecule has 1 amide bonds. The fraction of sp³-hybridized carbons (Fsp3) is 0.467. The summed E-state index contributed by atoms with van der Waals surface area (Å²) >= 11 is 0. The molecular weight excluding hydrogens is 242 g/mol. The second-order valence-corrected chi connectivity index (χ2v) is 4.96. The van der Waals surface area contributed by atoms with Crippen molar-refractivity contribution in [1.82, 2.24) is 4.90 Å². The van der Waals surface area contributed by atoms with E-state index in [0.717, 1.165) is 11.1 Å². The smallest absolute Gasteiger partial charge is 0.308 e. The Hall–Kier alpha value is -1.84. The van der Waals surface area contributed by atoms with Crippen molar-refractivity contribution in [2.75, 3.05) is 13.1 Å². The molecular formula is C15H21NO3. The van der Waals surface area contributed by atoms with E-state index in [4.69, 9.17) is 5.11 Å². The van der Waals surface area contributed by atoms with Crippen molar-refractivity contribution >= 4 is 11.9 Å². The number of hydrogen-bond acceptors (Lipinski definition) is 2.